The summed E-state index contributed by atoms with van der Waals surface area (Å²) >= 11 is 0. The summed E-state index contributed by atoms with van der Waals surface area (Å²) in [5.41, 5.74) is 2.17. The third-order valence-corrected chi connectivity index (χ3v) is 7.44. The number of aryl methyl sites for hydroxylation is 2. The normalized spacial score (nSPS) is 15.8. The minimum absolute atomic E-state index is 0.0484. The van der Waals surface area contributed by atoms with Gasteiger partial charge in [0.15, 0.2) is 5.03 Å². The summed E-state index contributed by atoms with van der Waals surface area (Å²) < 4.78 is 30.8. The monoisotopic (exact) mass is 442 g/mol. The molecule has 1 saturated heterocycles. The van der Waals surface area contributed by atoms with Gasteiger partial charge < -0.3 is 9.47 Å². The molecule has 164 valence electrons. The van der Waals surface area contributed by atoms with E-state index in [0.29, 0.717) is 37.4 Å². The van der Waals surface area contributed by atoms with Crippen LogP contribution in [0, 0.1) is 13.8 Å². The van der Waals surface area contributed by atoms with Crippen LogP contribution in [-0.2, 0) is 17.1 Å². The summed E-state index contributed by atoms with van der Waals surface area (Å²) in [7, 11) is -1.93. The molecule has 1 fully saturated rings. The van der Waals surface area contributed by atoms with Gasteiger partial charge in [0.05, 0.1) is 23.1 Å². The van der Waals surface area contributed by atoms with Crippen LogP contribution in [0.2, 0.25) is 0 Å². The zero-order valence-electron chi connectivity index (χ0n) is 17.9. The molecule has 9 nitrogen and oxygen atoms in total. The van der Waals surface area contributed by atoms with Crippen LogP contribution in [0.5, 0.6) is 0 Å². The minimum Gasteiger partial charge on any atom is -0.337 e. The summed E-state index contributed by atoms with van der Waals surface area (Å²) in [6.45, 7) is 5.02. The second kappa shape index (κ2) is 8.27. The standard InChI is InChI=1S/C21H26N6O3S/c1-16-19(14-22-27(16)18-8-5-4-6-9-18)21(28)25-10-7-11-26(13-12-25)31(29,30)20-15-24(3)17(2)23-20/h4-6,8-9,14-15H,7,10-13H2,1-3H3. The minimum atomic E-state index is -3.69. The smallest absolute Gasteiger partial charge is 0.262 e. The molecule has 1 aromatic carbocycles. The van der Waals surface area contributed by atoms with E-state index < -0.39 is 10.0 Å². The van der Waals surface area contributed by atoms with Crippen LogP contribution in [0.1, 0.15) is 28.3 Å². The van der Waals surface area contributed by atoms with E-state index in [1.54, 1.807) is 34.3 Å². The number of amides is 1. The van der Waals surface area contributed by atoms with Crippen molar-refractivity contribution >= 4 is 15.9 Å². The summed E-state index contributed by atoms with van der Waals surface area (Å²) in [4.78, 5) is 19.1. The number of sulfonamides is 1. The second-order valence-electron chi connectivity index (χ2n) is 7.68. The van der Waals surface area contributed by atoms with Crippen molar-refractivity contribution in [3.63, 3.8) is 0 Å². The maximum atomic E-state index is 13.2. The van der Waals surface area contributed by atoms with E-state index in [9.17, 15) is 13.2 Å². The van der Waals surface area contributed by atoms with Crippen molar-refractivity contribution in [1.82, 2.24) is 28.5 Å². The number of aromatic nitrogens is 4. The van der Waals surface area contributed by atoms with Gasteiger partial charge in [0.25, 0.3) is 15.9 Å². The van der Waals surface area contributed by atoms with Crippen LogP contribution in [0.4, 0.5) is 0 Å². The molecule has 1 aliphatic rings. The second-order valence-corrected chi connectivity index (χ2v) is 9.56. The lowest BCUT2D eigenvalue weighted by Gasteiger charge is -2.21. The summed E-state index contributed by atoms with van der Waals surface area (Å²) in [6.07, 6.45) is 3.67. The molecule has 0 N–H and O–H groups in total. The van der Waals surface area contributed by atoms with Gasteiger partial charge in [0.2, 0.25) is 0 Å². The number of carbonyl (C=O) groups excluding carboxylic acids is 1. The highest BCUT2D eigenvalue weighted by Crippen LogP contribution is 2.20. The van der Waals surface area contributed by atoms with Gasteiger partial charge in [0.1, 0.15) is 5.82 Å². The van der Waals surface area contributed by atoms with E-state index in [2.05, 4.69) is 10.1 Å². The van der Waals surface area contributed by atoms with E-state index in [4.69, 9.17) is 0 Å². The van der Waals surface area contributed by atoms with E-state index in [0.717, 1.165) is 11.4 Å². The Kier molecular flexibility index (Phi) is 5.67. The molecule has 0 saturated carbocycles. The first-order chi connectivity index (χ1) is 14.8. The molecule has 0 unspecified atom stereocenters. The van der Waals surface area contributed by atoms with E-state index in [1.807, 2.05) is 37.3 Å². The fraction of sp³-hybridized carbons (Fsp3) is 0.381. The first-order valence-corrected chi connectivity index (χ1v) is 11.6. The van der Waals surface area contributed by atoms with Crippen molar-refractivity contribution in [1.29, 1.82) is 0 Å². The quantitative estimate of drug-likeness (QED) is 0.614. The highest BCUT2D eigenvalue weighted by Gasteiger charge is 2.31. The average molecular weight is 443 g/mol. The molecule has 2 aromatic heterocycles. The molecule has 0 bridgehead atoms. The number of nitrogens with zero attached hydrogens (tertiary/aromatic N) is 6. The predicted octanol–water partition coefficient (Wildman–Crippen LogP) is 1.76. The Bertz CT molecular complexity index is 1180. The first kappa shape index (κ1) is 21.3. The van der Waals surface area contributed by atoms with Gasteiger partial charge in [-0.05, 0) is 32.4 Å². The summed E-state index contributed by atoms with van der Waals surface area (Å²) in [6, 6.07) is 9.64. The lowest BCUT2D eigenvalue weighted by Crippen LogP contribution is -2.37. The van der Waals surface area contributed by atoms with Gasteiger partial charge in [-0.2, -0.15) is 9.40 Å². The van der Waals surface area contributed by atoms with Crippen molar-refractivity contribution in [3.05, 3.63) is 59.8 Å². The lowest BCUT2D eigenvalue weighted by molar-refractivity contribution is 0.0763. The number of imidazole rings is 1. The number of para-hydroxylation sites is 1. The van der Waals surface area contributed by atoms with Gasteiger partial charge >= 0.3 is 0 Å². The average Bonchev–Trinajstić information content (AvgIpc) is 3.19. The topological polar surface area (TPSA) is 93.3 Å². The van der Waals surface area contributed by atoms with Gasteiger partial charge in [-0.1, -0.05) is 18.2 Å². The molecule has 3 heterocycles. The highest BCUT2D eigenvalue weighted by molar-refractivity contribution is 7.89. The molecule has 0 radical (unpaired) electrons. The summed E-state index contributed by atoms with van der Waals surface area (Å²) in [5, 5.41) is 4.43. The van der Waals surface area contributed by atoms with Crippen LogP contribution >= 0.6 is 0 Å². The van der Waals surface area contributed by atoms with Crippen LogP contribution in [-0.4, -0.2) is 69.0 Å². The Balaban J connectivity index is 1.50. The van der Waals surface area contributed by atoms with Crippen molar-refractivity contribution < 1.29 is 13.2 Å². The molecule has 10 heteroatoms. The SMILES string of the molecule is Cc1nc(S(=O)(=O)N2CCCN(C(=O)c3cnn(-c4ccccc4)c3C)CC2)cn1C. The summed E-state index contributed by atoms with van der Waals surface area (Å²) in [5.74, 6) is 0.503. The zero-order chi connectivity index (χ0) is 22.2. The number of carbonyl (C=O) groups is 1. The molecule has 1 aliphatic heterocycles. The molecule has 4 rings (SSSR count). The van der Waals surface area contributed by atoms with Crippen molar-refractivity contribution in [2.75, 3.05) is 26.2 Å². The van der Waals surface area contributed by atoms with Gasteiger partial charge in [-0.15, -0.1) is 0 Å². The van der Waals surface area contributed by atoms with Gasteiger partial charge in [-0.25, -0.2) is 18.1 Å². The van der Waals surface area contributed by atoms with Crippen molar-refractivity contribution in [2.24, 2.45) is 7.05 Å². The molecule has 31 heavy (non-hydrogen) atoms. The number of hydrogen-bond donors (Lipinski definition) is 0. The fourth-order valence-electron chi connectivity index (χ4n) is 3.74. The van der Waals surface area contributed by atoms with Crippen molar-refractivity contribution in [3.8, 4) is 5.69 Å². The molecule has 3 aromatic rings. The van der Waals surface area contributed by atoms with Crippen molar-refractivity contribution in [2.45, 2.75) is 25.3 Å². The van der Waals surface area contributed by atoms with Crippen LogP contribution in [0.15, 0.2) is 47.8 Å². The zero-order valence-corrected chi connectivity index (χ0v) is 18.7. The molecule has 0 aliphatic carbocycles. The number of hydrogen-bond acceptors (Lipinski definition) is 5. The van der Waals surface area contributed by atoms with Gasteiger partial charge in [0, 0.05) is 39.4 Å². The van der Waals surface area contributed by atoms with E-state index >= 15 is 0 Å². The third kappa shape index (κ3) is 4.00. The Morgan fingerprint density at radius 3 is 2.45 bits per heavy atom. The Labute approximate surface area is 182 Å². The molecule has 0 atom stereocenters. The first-order valence-electron chi connectivity index (χ1n) is 10.2. The number of benzene rings is 1. The highest BCUT2D eigenvalue weighted by atomic mass is 32.2. The van der Waals surface area contributed by atoms with E-state index in [-0.39, 0.29) is 17.5 Å². The maximum Gasteiger partial charge on any atom is 0.262 e. The Hall–Kier alpha value is -2.98. The molecular weight excluding hydrogens is 416 g/mol. The Morgan fingerprint density at radius 1 is 1.03 bits per heavy atom. The number of rotatable bonds is 4. The molecular formula is C21H26N6O3S. The largest absolute Gasteiger partial charge is 0.337 e. The molecule has 1 amide bonds. The third-order valence-electron chi connectivity index (χ3n) is 5.67. The van der Waals surface area contributed by atoms with Crippen LogP contribution in [0.25, 0.3) is 5.69 Å². The van der Waals surface area contributed by atoms with Crippen LogP contribution in [0.3, 0.4) is 0 Å². The van der Waals surface area contributed by atoms with Gasteiger partial charge in [-0.3, -0.25) is 4.79 Å². The maximum absolute atomic E-state index is 13.2. The van der Waals surface area contributed by atoms with E-state index in [1.165, 1.54) is 10.5 Å². The Morgan fingerprint density at radius 2 is 1.77 bits per heavy atom. The molecule has 0 spiro atoms. The fourth-order valence-corrected chi connectivity index (χ4v) is 5.23. The lowest BCUT2D eigenvalue weighted by atomic mass is 10.2. The van der Waals surface area contributed by atoms with Crippen LogP contribution < -0.4 is 0 Å². The predicted molar refractivity (Wildman–Crippen MR) is 116 cm³/mol.